The van der Waals surface area contributed by atoms with Crippen LogP contribution in [-0.4, -0.2) is 30.0 Å². The number of carbonyl (C=O) groups excluding carboxylic acids is 1. The maximum absolute atomic E-state index is 12.1. The Labute approximate surface area is 122 Å². The predicted octanol–water partition coefficient (Wildman–Crippen LogP) is 2.35. The molecule has 6 heteroatoms. The molecule has 0 aromatic heterocycles. The molecular weight excluding hydrogens is 282 g/mol. The van der Waals surface area contributed by atoms with E-state index < -0.39 is 5.60 Å². The highest BCUT2D eigenvalue weighted by molar-refractivity contribution is 6.32. The molecule has 1 amide bonds. The minimum Gasteiger partial charge on any atom is -0.454 e. The second kappa shape index (κ2) is 5.89. The number of ether oxygens (including phenoxy) is 2. The molecule has 0 fully saturated rings. The van der Waals surface area contributed by atoms with Gasteiger partial charge in [0, 0.05) is 12.1 Å². The first kappa shape index (κ1) is 14.9. The van der Waals surface area contributed by atoms with Crippen molar-refractivity contribution < 1.29 is 19.4 Å². The van der Waals surface area contributed by atoms with Gasteiger partial charge in [-0.25, -0.2) is 0 Å². The maximum atomic E-state index is 12.1. The molecule has 110 valence electrons. The zero-order chi connectivity index (χ0) is 14.8. The van der Waals surface area contributed by atoms with E-state index in [4.69, 9.17) is 21.1 Å². The Balaban J connectivity index is 2.09. The van der Waals surface area contributed by atoms with Crippen molar-refractivity contribution in [3.05, 3.63) is 22.7 Å². The summed E-state index contributed by atoms with van der Waals surface area (Å²) in [5.74, 6) is 0.622. The van der Waals surface area contributed by atoms with Gasteiger partial charge in [-0.2, -0.15) is 0 Å². The molecule has 0 spiro atoms. The van der Waals surface area contributed by atoms with Gasteiger partial charge in [-0.3, -0.25) is 4.79 Å². The van der Waals surface area contributed by atoms with Crippen LogP contribution in [0.4, 0.5) is 0 Å². The minimum atomic E-state index is -0.879. The van der Waals surface area contributed by atoms with E-state index in [0.29, 0.717) is 34.9 Å². The zero-order valence-electron chi connectivity index (χ0n) is 11.5. The standard InChI is InChI=1S/C14H18ClNO4/c1-3-14(18,4-2)7-16-13(17)9-5-10(15)12-11(6-9)19-8-20-12/h5-6,18H,3-4,7-8H2,1-2H3,(H,16,17). The highest BCUT2D eigenvalue weighted by Gasteiger charge is 2.24. The average molecular weight is 300 g/mol. The Morgan fingerprint density at radius 3 is 2.75 bits per heavy atom. The molecule has 1 aliphatic rings. The summed E-state index contributed by atoms with van der Waals surface area (Å²) in [6, 6.07) is 3.11. The molecule has 1 aliphatic heterocycles. The van der Waals surface area contributed by atoms with Gasteiger partial charge >= 0.3 is 0 Å². The van der Waals surface area contributed by atoms with E-state index in [1.54, 1.807) is 6.07 Å². The monoisotopic (exact) mass is 299 g/mol. The Kier molecular flexibility index (Phi) is 4.40. The molecule has 2 rings (SSSR count). The molecule has 0 atom stereocenters. The summed E-state index contributed by atoms with van der Waals surface area (Å²) in [5, 5.41) is 13.2. The quantitative estimate of drug-likeness (QED) is 0.876. The van der Waals surface area contributed by atoms with E-state index in [-0.39, 0.29) is 19.2 Å². The lowest BCUT2D eigenvalue weighted by Crippen LogP contribution is -2.42. The first-order chi connectivity index (χ1) is 9.49. The number of nitrogens with one attached hydrogen (secondary N) is 1. The molecule has 20 heavy (non-hydrogen) atoms. The van der Waals surface area contributed by atoms with Crippen LogP contribution < -0.4 is 14.8 Å². The molecule has 0 unspecified atom stereocenters. The van der Waals surface area contributed by atoms with Gasteiger partial charge in [-0.15, -0.1) is 0 Å². The second-order valence-corrected chi connectivity index (χ2v) is 5.21. The van der Waals surface area contributed by atoms with Crippen LogP contribution in [0.5, 0.6) is 11.5 Å². The molecule has 1 heterocycles. The third-order valence-corrected chi connectivity index (χ3v) is 3.86. The van der Waals surface area contributed by atoms with Gasteiger partial charge in [0.15, 0.2) is 11.5 Å². The number of fused-ring (bicyclic) bond motifs is 1. The van der Waals surface area contributed by atoms with E-state index in [9.17, 15) is 9.90 Å². The summed E-state index contributed by atoms with van der Waals surface area (Å²) in [6.07, 6.45) is 1.15. The Morgan fingerprint density at radius 1 is 1.40 bits per heavy atom. The highest BCUT2D eigenvalue weighted by Crippen LogP contribution is 2.39. The lowest BCUT2D eigenvalue weighted by Gasteiger charge is -2.25. The smallest absolute Gasteiger partial charge is 0.251 e. The third kappa shape index (κ3) is 2.99. The molecule has 0 saturated heterocycles. The fourth-order valence-electron chi connectivity index (χ4n) is 1.95. The fraction of sp³-hybridized carbons (Fsp3) is 0.500. The minimum absolute atomic E-state index is 0.103. The Morgan fingerprint density at radius 2 is 2.10 bits per heavy atom. The van der Waals surface area contributed by atoms with E-state index in [2.05, 4.69) is 5.32 Å². The van der Waals surface area contributed by atoms with Crippen LogP contribution in [0.15, 0.2) is 12.1 Å². The van der Waals surface area contributed by atoms with Crippen molar-refractivity contribution in [1.82, 2.24) is 5.32 Å². The number of halogens is 1. The fourth-order valence-corrected chi connectivity index (χ4v) is 2.21. The molecule has 0 radical (unpaired) electrons. The maximum Gasteiger partial charge on any atom is 0.251 e. The van der Waals surface area contributed by atoms with Gasteiger partial charge < -0.3 is 19.9 Å². The Bertz CT molecular complexity index is 514. The summed E-state index contributed by atoms with van der Waals surface area (Å²) in [6.45, 7) is 4.07. The van der Waals surface area contributed by atoms with Gasteiger partial charge in [0.1, 0.15) is 0 Å². The summed E-state index contributed by atoms with van der Waals surface area (Å²) < 4.78 is 10.4. The summed E-state index contributed by atoms with van der Waals surface area (Å²) >= 11 is 6.03. The topological polar surface area (TPSA) is 67.8 Å². The largest absolute Gasteiger partial charge is 0.454 e. The number of benzene rings is 1. The van der Waals surface area contributed by atoms with Crippen LogP contribution in [0.25, 0.3) is 0 Å². The van der Waals surface area contributed by atoms with Crippen molar-refractivity contribution in [1.29, 1.82) is 0 Å². The molecule has 0 aliphatic carbocycles. The van der Waals surface area contributed by atoms with Crippen LogP contribution in [0.3, 0.4) is 0 Å². The van der Waals surface area contributed by atoms with Gasteiger partial charge in [0.2, 0.25) is 6.79 Å². The summed E-state index contributed by atoms with van der Waals surface area (Å²) in [5.41, 5.74) is -0.496. The normalized spacial score (nSPS) is 13.4. The van der Waals surface area contributed by atoms with Crippen LogP contribution >= 0.6 is 11.6 Å². The molecule has 0 bridgehead atoms. The van der Waals surface area contributed by atoms with Crippen molar-refractivity contribution in [3.63, 3.8) is 0 Å². The van der Waals surface area contributed by atoms with Crippen molar-refractivity contribution in [2.24, 2.45) is 0 Å². The van der Waals surface area contributed by atoms with E-state index >= 15 is 0 Å². The number of rotatable bonds is 5. The zero-order valence-corrected chi connectivity index (χ0v) is 12.3. The van der Waals surface area contributed by atoms with Crippen LogP contribution in [0, 0.1) is 0 Å². The van der Waals surface area contributed by atoms with Crippen LogP contribution in [0.2, 0.25) is 5.02 Å². The van der Waals surface area contributed by atoms with Gasteiger partial charge in [0.05, 0.1) is 10.6 Å². The molecule has 1 aromatic carbocycles. The van der Waals surface area contributed by atoms with Crippen molar-refractivity contribution >= 4 is 17.5 Å². The van der Waals surface area contributed by atoms with Crippen LogP contribution in [0.1, 0.15) is 37.0 Å². The Hall–Kier alpha value is -1.46. The SMILES string of the molecule is CCC(O)(CC)CNC(=O)c1cc(Cl)c2c(c1)OCO2. The number of hydrogen-bond donors (Lipinski definition) is 2. The van der Waals surface area contributed by atoms with Gasteiger partial charge in [-0.1, -0.05) is 25.4 Å². The highest BCUT2D eigenvalue weighted by atomic mass is 35.5. The van der Waals surface area contributed by atoms with Crippen LogP contribution in [-0.2, 0) is 0 Å². The molecule has 0 saturated carbocycles. The van der Waals surface area contributed by atoms with Gasteiger partial charge in [0.25, 0.3) is 5.91 Å². The first-order valence-electron chi connectivity index (χ1n) is 6.59. The molecular formula is C14H18ClNO4. The number of amides is 1. The van der Waals surface area contributed by atoms with E-state index in [0.717, 1.165) is 0 Å². The average Bonchev–Trinajstić information content (AvgIpc) is 2.93. The number of aliphatic hydroxyl groups is 1. The molecule has 2 N–H and O–H groups in total. The third-order valence-electron chi connectivity index (χ3n) is 3.58. The van der Waals surface area contributed by atoms with Crippen molar-refractivity contribution in [3.8, 4) is 11.5 Å². The van der Waals surface area contributed by atoms with E-state index in [1.165, 1.54) is 6.07 Å². The molecule has 1 aromatic rings. The molecule has 5 nitrogen and oxygen atoms in total. The summed E-state index contributed by atoms with van der Waals surface area (Å²) in [7, 11) is 0. The number of carbonyl (C=O) groups is 1. The van der Waals surface area contributed by atoms with E-state index in [1.807, 2.05) is 13.8 Å². The predicted molar refractivity (Wildman–Crippen MR) is 75.4 cm³/mol. The lowest BCUT2D eigenvalue weighted by molar-refractivity contribution is 0.0314. The summed E-state index contributed by atoms with van der Waals surface area (Å²) in [4.78, 5) is 12.1. The van der Waals surface area contributed by atoms with Crippen molar-refractivity contribution in [2.75, 3.05) is 13.3 Å². The van der Waals surface area contributed by atoms with Crippen molar-refractivity contribution in [2.45, 2.75) is 32.3 Å². The lowest BCUT2D eigenvalue weighted by atomic mass is 9.97. The number of hydrogen-bond acceptors (Lipinski definition) is 4. The van der Waals surface area contributed by atoms with Gasteiger partial charge in [-0.05, 0) is 25.0 Å². The first-order valence-corrected chi connectivity index (χ1v) is 6.96. The second-order valence-electron chi connectivity index (χ2n) is 4.81.